The highest BCUT2D eigenvalue weighted by Gasteiger charge is 2.13. The summed E-state index contributed by atoms with van der Waals surface area (Å²) in [6.07, 6.45) is 2.43. The third-order valence-corrected chi connectivity index (χ3v) is 4.31. The van der Waals surface area contributed by atoms with Crippen molar-refractivity contribution < 1.29 is 14.3 Å². The van der Waals surface area contributed by atoms with E-state index in [1.165, 1.54) is 12.8 Å². The molecule has 2 rings (SSSR count). The van der Waals surface area contributed by atoms with Crippen molar-refractivity contribution in [1.29, 1.82) is 5.26 Å². The number of morpholine rings is 1. The molecule has 1 aromatic carbocycles. The summed E-state index contributed by atoms with van der Waals surface area (Å²) in [6, 6.07) is 9.63. The maximum atomic E-state index is 11.2. The van der Waals surface area contributed by atoms with E-state index in [0.29, 0.717) is 5.57 Å². The molecule has 0 bridgehead atoms. The van der Waals surface area contributed by atoms with Gasteiger partial charge in [0.1, 0.15) is 11.6 Å². The summed E-state index contributed by atoms with van der Waals surface area (Å²) in [4.78, 5) is 13.4. The van der Waals surface area contributed by atoms with Crippen molar-refractivity contribution in [1.82, 2.24) is 0 Å². The van der Waals surface area contributed by atoms with Crippen LogP contribution in [0.25, 0.3) is 5.57 Å². The summed E-state index contributed by atoms with van der Waals surface area (Å²) in [7, 11) is 1.74. The van der Waals surface area contributed by atoms with Crippen LogP contribution in [-0.4, -0.2) is 45.9 Å². The molecule has 6 nitrogen and oxygen atoms in total. The van der Waals surface area contributed by atoms with Crippen molar-refractivity contribution in [2.45, 2.75) is 61.3 Å². The molecule has 0 radical (unpaired) electrons. The zero-order chi connectivity index (χ0) is 24.9. The van der Waals surface area contributed by atoms with Crippen LogP contribution in [0.4, 0.5) is 5.69 Å². The smallest absolute Gasteiger partial charge is 0.259 e. The van der Waals surface area contributed by atoms with Crippen molar-refractivity contribution in [2.24, 2.45) is 11.7 Å². The highest BCUT2D eigenvalue weighted by molar-refractivity contribution is 6.03. The van der Waals surface area contributed by atoms with Gasteiger partial charge < -0.3 is 20.1 Å². The van der Waals surface area contributed by atoms with Gasteiger partial charge in [-0.25, -0.2) is 0 Å². The summed E-state index contributed by atoms with van der Waals surface area (Å²) in [5.41, 5.74) is 7.74. The monoisotopic (exact) mass is 447 g/mol. The molecule has 182 valence electrons. The number of nitriles is 1. The minimum Gasteiger partial charge on any atom is -0.385 e. The number of rotatable bonds is 6. The Morgan fingerprint density at radius 1 is 1.19 bits per heavy atom. The molecule has 1 aliphatic heterocycles. The number of nitrogens with two attached hydrogens (primary N) is 1. The molecule has 32 heavy (non-hydrogen) atoms. The van der Waals surface area contributed by atoms with Crippen LogP contribution in [0.3, 0.4) is 0 Å². The Bertz CT molecular complexity index is 671. The first-order chi connectivity index (χ1) is 15.3. The molecule has 1 saturated heterocycles. The predicted octanol–water partition coefficient (Wildman–Crippen LogP) is 5.43. The Morgan fingerprint density at radius 2 is 1.69 bits per heavy atom. The van der Waals surface area contributed by atoms with E-state index in [-0.39, 0.29) is 5.57 Å². The van der Waals surface area contributed by atoms with E-state index in [1.54, 1.807) is 14.0 Å². The number of methoxy groups -OCH3 is 1. The van der Waals surface area contributed by atoms with Crippen molar-refractivity contribution in [3.05, 3.63) is 35.4 Å². The molecule has 1 fully saturated rings. The quantitative estimate of drug-likeness (QED) is 0.464. The SMILES string of the molecule is C/C(=C(/C#N)C(N)=O)c1ccc(N2CCOCC2)cc1.CC.CCC.COCCC(C)C. The summed E-state index contributed by atoms with van der Waals surface area (Å²) in [5, 5.41) is 8.96. The molecule has 0 unspecified atom stereocenters. The van der Waals surface area contributed by atoms with Gasteiger partial charge in [0, 0.05) is 32.5 Å². The molecule has 0 saturated carbocycles. The van der Waals surface area contributed by atoms with Crippen LogP contribution in [0.1, 0.15) is 66.9 Å². The molecular weight excluding hydrogens is 402 g/mol. The second kappa shape index (κ2) is 20.5. The Labute approximate surface area is 196 Å². The highest BCUT2D eigenvalue weighted by atomic mass is 16.5. The molecule has 0 aromatic heterocycles. The van der Waals surface area contributed by atoms with Gasteiger partial charge in [0.05, 0.1) is 13.2 Å². The van der Waals surface area contributed by atoms with Gasteiger partial charge in [-0.15, -0.1) is 0 Å². The second-order valence-corrected chi connectivity index (χ2v) is 7.50. The number of primary amides is 1. The zero-order valence-corrected chi connectivity index (χ0v) is 21.5. The van der Waals surface area contributed by atoms with E-state index in [0.717, 1.165) is 50.1 Å². The lowest BCUT2D eigenvalue weighted by Gasteiger charge is -2.29. The van der Waals surface area contributed by atoms with Gasteiger partial charge in [-0.2, -0.15) is 5.26 Å². The number of nitrogens with zero attached hydrogens (tertiary/aromatic N) is 2. The van der Waals surface area contributed by atoms with Crippen molar-refractivity contribution in [3.63, 3.8) is 0 Å². The number of allylic oxidation sites excluding steroid dienone is 1. The molecule has 1 heterocycles. The van der Waals surface area contributed by atoms with Crippen LogP contribution in [0.2, 0.25) is 0 Å². The number of carbonyl (C=O) groups is 1. The largest absolute Gasteiger partial charge is 0.385 e. The third-order valence-electron chi connectivity index (χ3n) is 4.31. The van der Waals surface area contributed by atoms with Gasteiger partial charge >= 0.3 is 0 Å². The summed E-state index contributed by atoms with van der Waals surface area (Å²) < 4.78 is 10.2. The van der Waals surface area contributed by atoms with E-state index in [2.05, 4.69) is 32.6 Å². The fourth-order valence-electron chi connectivity index (χ4n) is 2.57. The second-order valence-electron chi connectivity index (χ2n) is 7.50. The topological polar surface area (TPSA) is 88.6 Å². The lowest BCUT2D eigenvalue weighted by molar-refractivity contribution is -0.114. The molecule has 0 atom stereocenters. The lowest BCUT2D eigenvalue weighted by Crippen LogP contribution is -2.36. The van der Waals surface area contributed by atoms with Crippen LogP contribution in [0.5, 0.6) is 0 Å². The Balaban J connectivity index is 0. The van der Waals surface area contributed by atoms with Crippen LogP contribution < -0.4 is 10.6 Å². The zero-order valence-electron chi connectivity index (χ0n) is 21.5. The molecule has 1 aromatic rings. The van der Waals surface area contributed by atoms with Crippen LogP contribution >= 0.6 is 0 Å². The molecule has 1 amide bonds. The van der Waals surface area contributed by atoms with E-state index < -0.39 is 5.91 Å². The number of ether oxygens (including phenoxy) is 2. The first kappa shape index (κ1) is 31.8. The van der Waals surface area contributed by atoms with Crippen LogP contribution in [-0.2, 0) is 14.3 Å². The average molecular weight is 448 g/mol. The van der Waals surface area contributed by atoms with Gasteiger partial charge in [-0.05, 0) is 42.5 Å². The summed E-state index contributed by atoms with van der Waals surface area (Å²) >= 11 is 0. The summed E-state index contributed by atoms with van der Waals surface area (Å²) in [6.45, 7) is 18.5. The first-order valence-electron chi connectivity index (χ1n) is 11.6. The third kappa shape index (κ3) is 13.8. The van der Waals surface area contributed by atoms with Gasteiger partial charge in [-0.3, -0.25) is 4.79 Å². The highest BCUT2D eigenvalue weighted by Crippen LogP contribution is 2.22. The molecular formula is C26H45N3O3. The minimum atomic E-state index is -0.692. The maximum absolute atomic E-state index is 11.2. The number of hydrogen-bond donors (Lipinski definition) is 1. The standard InChI is InChI=1S/C15H17N3O2.C6H14O.C3H8.C2H6/c1-11(14(10-16)15(17)19)12-2-4-13(5-3-12)18-6-8-20-9-7-18;1-6(2)4-5-7-3;1-3-2;1-2/h2-5H,6-9H2,1H3,(H2,17,19);6H,4-5H2,1-3H3;3H2,1-2H3;1-2H3/b14-11+;;;. The Morgan fingerprint density at radius 3 is 2.03 bits per heavy atom. The minimum absolute atomic E-state index is 0.00382. The van der Waals surface area contributed by atoms with Gasteiger partial charge in [0.25, 0.3) is 5.91 Å². The molecule has 0 spiro atoms. The van der Waals surface area contributed by atoms with Crippen molar-refractivity contribution in [2.75, 3.05) is 44.9 Å². The number of hydrogen-bond acceptors (Lipinski definition) is 5. The lowest BCUT2D eigenvalue weighted by atomic mass is 10.0. The average Bonchev–Trinajstić information content (AvgIpc) is 2.81. The number of anilines is 1. The normalized spacial score (nSPS) is 13.2. The van der Waals surface area contributed by atoms with Gasteiger partial charge in [0.15, 0.2) is 0 Å². The van der Waals surface area contributed by atoms with E-state index in [1.807, 2.05) is 44.2 Å². The number of carbonyl (C=O) groups excluding carboxylic acids is 1. The predicted molar refractivity (Wildman–Crippen MR) is 136 cm³/mol. The fourth-order valence-corrected chi connectivity index (χ4v) is 2.57. The number of benzene rings is 1. The Kier molecular flexibility index (Phi) is 20.4. The van der Waals surface area contributed by atoms with Gasteiger partial charge in [-0.1, -0.05) is 60.1 Å². The van der Waals surface area contributed by atoms with Crippen molar-refractivity contribution in [3.8, 4) is 6.07 Å². The molecule has 0 aliphatic carbocycles. The van der Waals surface area contributed by atoms with Crippen LogP contribution in [0.15, 0.2) is 29.8 Å². The fraction of sp³-hybridized carbons (Fsp3) is 0.615. The molecule has 1 aliphatic rings. The van der Waals surface area contributed by atoms with E-state index in [4.69, 9.17) is 20.5 Å². The van der Waals surface area contributed by atoms with Crippen LogP contribution in [0, 0.1) is 17.2 Å². The van der Waals surface area contributed by atoms with E-state index in [9.17, 15) is 4.79 Å². The number of amides is 1. The van der Waals surface area contributed by atoms with E-state index >= 15 is 0 Å². The summed E-state index contributed by atoms with van der Waals surface area (Å²) in [5.74, 6) is 0.0854. The first-order valence-corrected chi connectivity index (χ1v) is 11.6. The molecule has 6 heteroatoms. The molecule has 2 N–H and O–H groups in total. The Hall–Kier alpha value is -2.36. The van der Waals surface area contributed by atoms with Crippen molar-refractivity contribution >= 4 is 17.2 Å². The van der Waals surface area contributed by atoms with Gasteiger partial charge in [0.2, 0.25) is 0 Å². The maximum Gasteiger partial charge on any atom is 0.259 e.